The van der Waals surface area contributed by atoms with Gasteiger partial charge in [0.05, 0.1) is 18.2 Å². The first-order valence-electron chi connectivity index (χ1n) is 4.57. The zero-order chi connectivity index (χ0) is 9.59. The summed E-state index contributed by atoms with van der Waals surface area (Å²) in [7, 11) is 0. The third-order valence-corrected chi connectivity index (χ3v) is 3.04. The quantitative estimate of drug-likeness (QED) is 0.339. The van der Waals surface area contributed by atoms with E-state index < -0.39 is 30.5 Å². The lowest BCUT2D eigenvalue weighted by molar-refractivity contribution is -0.140. The van der Waals surface area contributed by atoms with Crippen LogP contribution in [0, 0.1) is 0 Å². The number of piperidine rings is 1. The van der Waals surface area contributed by atoms with Crippen LogP contribution in [0.4, 0.5) is 0 Å². The molecule has 76 valence electrons. The Morgan fingerprint density at radius 3 is 2.31 bits per heavy atom. The summed E-state index contributed by atoms with van der Waals surface area (Å²) in [5.74, 6) is 0. The molecule has 0 aromatic carbocycles. The summed E-state index contributed by atoms with van der Waals surface area (Å²) in [5, 5.41) is 37.8. The van der Waals surface area contributed by atoms with Gasteiger partial charge in [0, 0.05) is 13.1 Å². The topological polar surface area (TPSA) is 84.2 Å². The maximum atomic E-state index is 9.58. The molecule has 0 bridgehead atoms. The molecule has 0 spiro atoms. The van der Waals surface area contributed by atoms with Gasteiger partial charge in [0.25, 0.3) is 0 Å². The molecule has 0 saturated carbocycles. The monoisotopic (exact) mass is 189 g/mol. The summed E-state index contributed by atoms with van der Waals surface area (Å²) in [6.45, 7) is 1.01. The van der Waals surface area contributed by atoms with Crippen LogP contribution in [0.3, 0.4) is 0 Å². The van der Waals surface area contributed by atoms with E-state index in [1.54, 1.807) is 0 Å². The molecule has 5 atom stereocenters. The summed E-state index contributed by atoms with van der Waals surface area (Å²) in [4.78, 5) is 1.83. The minimum absolute atomic E-state index is 0.333. The SMILES string of the molecule is O[C@@H]1[C@@H](O)[C@@H](O)CN2CC[C@@H](O)[C@@H]12. The van der Waals surface area contributed by atoms with Crippen LogP contribution in [0.5, 0.6) is 0 Å². The lowest BCUT2D eigenvalue weighted by Crippen LogP contribution is -2.61. The van der Waals surface area contributed by atoms with Crippen molar-refractivity contribution in [2.24, 2.45) is 0 Å². The standard InChI is InChI=1S/C8H15NO4/c10-4-1-2-9-3-5(11)7(12)8(13)6(4)9/h4-8,10-13H,1-3H2/t4-,5+,6+,7+,8+/m1/s1. The summed E-state index contributed by atoms with van der Waals surface area (Å²) < 4.78 is 0. The minimum atomic E-state index is -1.13. The van der Waals surface area contributed by atoms with Crippen LogP contribution in [0.1, 0.15) is 6.42 Å². The Hall–Kier alpha value is -0.200. The molecule has 2 fully saturated rings. The van der Waals surface area contributed by atoms with Crippen LogP contribution in [0.25, 0.3) is 0 Å². The fraction of sp³-hybridized carbons (Fsp3) is 1.00. The number of nitrogens with zero attached hydrogens (tertiary/aromatic N) is 1. The van der Waals surface area contributed by atoms with Crippen molar-refractivity contribution in [2.75, 3.05) is 13.1 Å². The van der Waals surface area contributed by atoms with Crippen molar-refractivity contribution < 1.29 is 20.4 Å². The Balaban J connectivity index is 2.15. The summed E-state index contributed by atoms with van der Waals surface area (Å²) in [5.41, 5.74) is 0. The Morgan fingerprint density at radius 1 is 0.923 bits per heavy atom. The van der Waals surface area contributed by atoms with Gasteiger partial charge in [0.2, 0.25) is 0 Å². The van der Waals surface area contributed by atoms with Crippen molar-refractivity contribution >= 4 is 0 Å². The predicted molar refractivity (Wildman–Crippen MR) is 44.0 cm³/mol. The third-order valence-electron chi connectivity index (χ3n) is 3.04. The van der Waals surface area contributed by atoms with E-state index in [1.165, 1.54) is 0 Å². The van der Waals surface area contributed by atoms with Gasteiger partial charge in [0.15, 0.2) is 0 Å². The predicted octanol–water partition coefficient (Wildman–Crippen LogP) is -2.48. The second kappa shape index (κ2) is 3.18. The van der Waals surface area contributed by atoms with E-state index in [9.17, 15) is 20.4 Å². The van der Waals surface area contributed by atoms with E-state index >= 15 is 0 Å². The van der Waals surface area contributed by atoms with Crippen molar-refractivity contribution in [1.82, 2.24) is 4.90 Å². The van der Waals surface area contributed by atoms with Crippen molar-refractivity contribution in [3.8, 4) is 0 Å². The first-order chi connectivity index (χ1) is 6.11. The van der Waals surface area contributed by atoms with E-state index in [0.29, 0.717) is 19.5 Å². The maximum Gasteiger partial charge on any atom is 0.109 e. The molecule has 0 unspecified atom stereocenters. The molecule has 0 radical (unpaired) electrons. The molecule has 0 aromatic heterocycles. The number of hydrogen-bond donors (Lipinski definition) is 4. The van der Waals surface area contributed by atoms with E-state index in [2.05, 4.69) is 0 Å². The molecule has 5 nitrogen and oxygen atoms in total. The highest BCUT2D eigenvalue weighted by molar-refractivity contribution is 5.01. The fourth-order valence-corrected chi connectivity index (χ4v) is 2.30. The molecule has 2 saturated heterocycles. The summed E-state index contributed by atoms with van der Waals surface area (Å²) >= 11 is 0. The third kappa shape index (κ3) is 1.37. The van der Waals surface area contributed by atoms with E-state index in [0.717, 1.165) is 0 Å². The number of aliphatic hydroxyl groups is 4. The maximum absolute atomic E-state index is 9.58. The average Bonchev–Trinajstić information content (AvgIpc) is 2.43. The molecule has 0 aromatic rings. The minimum Gasteiger partial charge on any atom is -0.391 e. The van der Waals surface area contributed by atoms with E-state index in [4.69, 9.17) is 0 Å². The van der Waals surface area contributed by atoms with Crippen LogP contribution in [-0.2, 0) is 0 Å². The van der Waals surface area contributed by atoms with Gasteiger partial charge in [-0.25, -0.2) is 0 Å². The number of fused-ring (bicyclic) bond motifs is 1. The molecule has 2 aliphatic rings. The number of hydrogen-bond acceptors (Lipinski definition) is 5. The lowest BCUT2D eigenvalue weighted by Gasteiger charge is -2.40. The molecule has 4 N–H and O–H groups in total. The van der Waals surface area contributed by atoms with Crippen molar-refractivity contribution in [3.63, 3.8) is 0 Å². The van der Waals surface area contributed by atoms with Crippen LogP contribution < -0.4 is 0 Å². The zero-order valence-corrected chi connectivity index (χ0v) is 7.24. The second-order valence-electron chi connectivity index (χ2n) is 3.89. The van der Waals surface area contributed by atoms with Gasteiger partial charge in [-0.15, -0.1) is 0 Å². The van der Waals surface area contributed by atoms with Crippen LogP contribution in [-0.4, -0.2) is 68.9 Å². The van der Waals surface area contributed by atoms with Crippen molar-refractivity contribution in [3.05, 3.63) is 0 Å². The van der Waals surface area contributed by atoms with Gasteiger partial charge in [-0.05, 0) is 6.42 Å². The first-order valence-corrected chi connectivity index (χ1v) is 4.57. The van der Waals surface area contributed by atoms with E-state index in [1.807, 2.05) is 4.90 Å². The van der Waals surface area contributed by atoms with Crippen LogP contribution >= 0.6 is 0 Å². The second-order valence-corrected chi connectivity index (χ2v) is 3.89. The fourth-order valence-electron chi connectivity index (χ4n) is 2.30. The average molecular weight is 189 g/mol. The van der Waals surface area contributed by atoms with Gasteiger partial charge in [-0.3, -0.25) is 4.90 Å². The van der Waals surface area contributed by atoms with Gasteiger partial charge >= 0.3 is 0 Å². The van der Waals surface area contributed by atoms with Gasteiger partial charge < -0.3 is 20.4 Å². The highest BCUT2D eigenvalue weighted by atomic mass is 16.4. The molecule has 2 aliphatic heterocycles. The van der Waals surface area contributed by atoms with Gasteiger partial charge in [-0.2, -0.15) is 0 Å². The highest BCUT2D eigenvalue weighted by Crippen LogP contribution is 2.27. The largest absolute Gasteiger partial charge is 0.391 e. The van der Waals surface area contributed by atoms with Crippen LogP contribution in [0.2, 0.25) is 0 Å². The molecule has 2 rings (SSSR count). The lowest BCUT2D eigenvalue weighted by atomic mass is 9.93. The first kappa shape index (κ1) is 9.36. The smallest absolute Gasteiger partial charge is 0.109 e. The molecular weight excluding hydrogens is 174 g/mol. The van der Waals surface area contributed by atoms with E-state index in [-0.39, 0.29) is 0 Å². The molecule has 5 heteroatoms. The Labute approximate surface area is 76.2 Å². The zero-order valence-electron chi connectivity index (χ0n) is 7.24. The Bertz CT molecular complexity index is 201. The number of aliphatic hydroxyl groups excluding tert-OH is 4. The van der Waals surface area contributed by atoms with Crippen molar-refractivity contribution in [1.29, 1.82) is 0 Å². The van der Waals surface area contributed by atoms with Crippen LogP contribution in [0.15, 0.2) is 0 Å². The molecule has 2 heterocycles. The summed E-state index contributed by atoms with van der Waals surface area (Å²) in [6, 6.07) is -0.404. The molecule has 0 amide bonds. The Kier molecular flexibility index (Phi) is 2.29. The molecule has 13 heavy (non-hydrogen) atoms. The summed E-state index contributed by atoms with van der Waals surface area (Å²) in [6.07, 6.45) is -3.06. The number of rotatable bonds is 0. The van der Waals surface area contributed by atoms with Crippen molar-refractivity contribution in [2.45, 2.75) is 36.9 Å². The highest BCUT2D eigenvalue weighted by Gasteiger charge is 2.47. The van der Waals surface area contributed by atoms with Gasteiger partial charge in [0.1, 0.15) is 12.2 Å². The normalized spacial score (nSPS) is 52.2. The molecular formula is C8H15NO4. The molecule has 0 aliphatic carbocycles. The Morgan fingerprint density at radius 2 is 1.62 bits per heavy atom. The van der Waals surface area contributed by atoms with Gasteiger partial charge in [-0.1, -0.05) is 0 Å².